The molecule has 23 heavy (non-hydrogen) atoms. The Bertz CT molecular complexity index is 662. The van der Waals surface area contributed by atoms with Crippen LogP contribution in [0.25, 0.3) is 0 Å². The van der Waals surface area contributed by atoms with Crippen molar-refractivity contribution in [1.29, 1.82) is 0 Å². The van der Waals surface area contributed by atoms with E-state index < -0.39 is 5.97 Å². The minimum atomic E-state index is -0.553. The number of esters is 1. The summed E-state index contributed by atoms with van der Waals surface area (Å²) < 4.78 is 5.06. The molecule has 0 radical (unpaired) electrons. The van der Waals surface area contributed by atoms with Gasteiger partial charge in [0.05, 0.1) is 5.56 Å². The summed E-state index contributed by atoms with van der Waals surface area (Å²) in [5, 5.41) is 3.21. The normalized spacial score (nSPS) is 10.1. The summed E-state index contributed by atoms with van der Waals surface area (Å²) >= 11 is 1.38. The van der Waals surface area contributed by atoms with Gasteiger partial charge in [-0.15, -0.1) is 0 Å². The first kappa shape index (κ1) is 17.0. The van der Waals surface area contributed by atoms with Crippen LogP contribution in [-0.4, -0.2) is 30.0 Å². The van der Waals surface area contributed by atoms with Crippen LogP contribution in [0, 0.1) is 0 Å². The fourth-order valence-electron chi connectivity index (χ4n) is 1.75. The number of hydrogen-bond acceptors (Lipinski definition) is 5. The van der Waals surface area contributed by atoms with E-state index in [1.807, 2.05) is 37.3 Å². The molecular weight excluding hydrogens is 312 g/mol. The Labute approximate surface area is 139 Å². The number of carbonyl (C=O) groups is 2. The van der Waals surface area contributed by atoms with Gasteiger partial charge in [0, 0.05) is 17.6 Å². The maximum absolute atomic E-state index is 12.2. The monoisotopic (exact) mass is 330 g/mol. The van der Waals surface area contributed by atoms with Crippen molar-refractivity contribution in [2.24, 2.45) is 0 Å². The van der Waals surface area contributed by atoms with Crippen LogP contribution in [0.5, 0.6) is 0 Å². The number of hydrogen-bond donors (Lipinski definition) is 1. The third kappa shape index (κ3) is 5.41. The summed E-state index contributed by atoms with van der Waals surface area (Å²) in [5.41, 5.74) is 0.352. The predicted octanol–water partition coefficient (Wildman–Crippen LogP) is 2.92. The van der Waals surface area contributed by atoms with Crippen LogP contribution in [0.1, 0.15) is 23.7 Å². The highest BCUT2D eigenvalue weighted by atomic mass is 32.2. The molecule has 1 N–H and O–H groups in total. The molecule has 0 spiro atoms. The van der Waals surface area contributed by atoms with Gasteiger partial charge >= 0.3 is 5.97 Å². The van der Waals surface area contributed by atoms with E-state index in [0.29, 0.717) is 17.1 Å². The van der Waals surface area contributed by atoms with Gasteiger partial charge in [-0.3, -0.25) is 4.79 Å². The number of rotatable bonds is 7. The Balaban J connectivity index is 2.01. The number of nitrogens with one attached hydrogen (secondary N) is 1. The SMILES string of the molecule is CCCNC(=O)COC(=O)c1cccnc1Sc1ccccc1. The highest BCUT2D eigenvalue weighted by Crippen LogP contribution is 2.28. The van der Waals surface area contributed by atoms with Crippen LogP contribution < -0.4 is 5.32 Å². The van der Waals surface area contributed by atoms with Crippen molar-refractivity contribution >= 4 is 23.6 Å². The summed E-state index contributed by atoms with van der Waals surface area (Å²) in [6, 6.07) is 12.9. The number of nitrogens with zero attached hydrogens (tertiary/aromatic N) is 1. The van der Waals surface area contributed by atoms with Crippen LogP contribution in [0.15, 0.2) is 58.6 Å². The van der Waals surface area contributed by atoms with Crippen molar-refractivity contribution in [3.05, 3.63) is 54.2 Å². The second kappa shape index (κ2) is 8.95. The molecule has 2 aromatic rings. The molecule has 0 unspecified atom stereocenters. The first-order chi connectivity index (χ1) is 11.2. The molecule has 1 amide bonds. The summed E-state index contributed by atoms with van der Waals surface area (Å²) in [7, 11) is 0. The van der Waals surface area contributed by atoms with Crippen LogP contribution in [0.2, 0.25) is 0 Å². The number of carbonyl (C=O) groups excluding carboxylic acids is 2. The smallest absolute Gasteiger partial charge is 0.341 e. The molecular formula is C17H18N2O3S. The van der Waals surface area contributed by atoms with Crippen molar-refractivity contribution in [1.82, 2.24) is 10.3 Å². The van der Waals surface area contributed by atoms with E-state index in [9.17, 15) is 9.59 Å². The van der Waals surface area contributed by atoms with Gasteiger partial charge in [-0.1, -0.05) is 36.9 Å². The van der Waals surface area contributed by atoms with Gasteiger partial charge in [-0.05, 0) is 30.7 Å². The van der Waals surface area contributed by atoms with E-state index in [1.54, 1.807) is 18.3 Å². The Morgan fingerprint density at radius 1 is 1.17 bits per heavy atom. The van der Waals surface area contributed by atoms with E-state index in [-0.39, 0.29) is 12.5 Å². The quantitative estimate of drug-likeness (QED) is 0.791. The average molecular weight is 330 g/mol. The summed E-state index contributed by atoms with van der Waals surface area (Å²) in [6.07, 6.45) is 2.45. The Hall–Kier alpha value is -2.34. The standard InChI is InChI=1S/C17H18N2O3S/c1-2-10-18-15(20)12-22-17(21)14-9-6-11-19-16(14)23-13-7-4-3-5-8-13/h3-9,11H,2,10,12H2,1H3,(H,18,20). The minimum Gasteiger partial charge on any atom is -0.452 e. The lowest BCUT2D eigenvalue weighted by Crippen LogP contribution is -2.29. The molecule has 5 nitrogen and oxygen atoms in total. The van der Waals surface area contributed by atoms with Gasteiger partial charge in [0.1, 0.15) is 5.03 Å². The van der Waals surface area contributed by atoms with Crippen LogP contribution >= 0.6 is 11.8 Å². The van der Waals surface area contributed by atoms with E-state index in [4.69, 9.17) is 4.74 Å². The van der Waals surface area contributed by atoms with Gasteiger partial charge < -0.3 is 10.1 Å². The molecule has 120 valence electrons. The van der Waals surface area contributed by atoms with Gasteiger partial charge in [0.2, 0.25) is 0 Å². The molecule has 0 saturated heterocycles. The van der Waals surface area contributed by atoms with E-state index in [1.165, 1.54) is 11.8 Å². The first-order valence-electron chi connectivity index (χ1n) is 7.32. The first-order valence-corrected chi connectivity index (χ1v) is 8.14. The zero-order chi connectivity index (χ0) is 16.5. The zero-order valence-corrected chi connectivity index (χ0v) is 13.6. The van der Waals surface area contributed by atoms with E-state index in [0.717, 1.165) is 11.3 Å². The Morgan fingerprint density at radius 2 is 1.96 bits per heavy atom. The molecule has 0 bridgehead atoms. The topological polar surface area (TPSA) is 68.3 Å². The lowest BCUT2D eigenvalue weighted by molar-refractivity contribution is -0.124. The molecule has 0 fully saturated rings. The number of ether oxygens (including phenoxy) is 1. The number of benzene rings is 1. The van der Waals surface area contributed by atoms with Gasteiger partial charge in [0.15, 0.2) is 6.61 Å². The fraction of sp³-hybridized carbons (Fsp3) is 0.235. The third-order valence-corrected chi connectivity index (χ3v) is 3.88. The number of aromatic nitrogens is 1. The number of pyridine rings is 1. The van der Waals surface area contributed by atoms with Crippen LogP contribution in [0.3, 0.4) is 0 Å². The maximum atomic E-state index is 12.2. The highest BCUT2D eigenvalue weighted by Gasteiger charge is 2.16. The van der Waals surface area contributed by atoms with Gasteiger partial charge in [-0.25, -0.2) is 9.78 Å². The molecule has 0 saturated carbocycles. The molecule has 0 atom stereocenters. The van der Waals surface area contributed by atoms with E-state index in [2.05, 4.69) is 10.3 Å². The minimum absolute atomic E-state index is 0.289. The second-order valence-corrected chi connectivity index (χ2v) is 5.76. The molecule has 1 aromatic heterocycles. The largest absolute Gasteiger partial charge is 0.452 e. The third-order valence-electron chi connectivity index (χ3n) is 2.86. The number of amides is 1. The Morgan fingerprint density at radius 3 is 2.70 bits per heavy atom. The maximum Gasteiger partial charge on any atom is 0.341 e. The molecule has 0 aliphatic carbocycles. The van der Waals surface area contributed by atoms with Gasteiger partial charge in [0.25, 0.3) is 5.91 Å². The van der Waals surface area contributed by atoms with E-state index >= 15 is 0 Å². The average Bonchev–Trinajstić information content (AvgIpc) is 2.59. The van der Waals surface area contributed by atoms with Crippen LogP contribution in [0.4, 0.5) is 0 Å². The zero-order valence-electron chi connectivity index (χ0n) is 12.8. The van der Waals surface area contributed by atoms with Crippen LogP contribution in [-0.2, 0) is 9.53 Å². The summed E-state index contributed by atoms with van der Waals surface area (Å²) in [5.74, 6) is -0.857. The van der Waals surface area contributed by atoms with Crippen molar-refractivity contribution < 1.29 is 14.3 Å². The molecule has 0 aliphatic heterocycles. The Kier molecular flexibility index (Phi) is 6.62. The predicted molar refractivity (Wildman–Crippen MR) is 88.4 cm³/mol. The lowest BCUT2D eigenvalue weighted by atomic mass is 10.3. The van der Waals surface area contributed by atoms with Crippen molar-refractivity contribution in [3.63, 3.8) is 0 Å². The van der Waals surface area contributed by atoms with Gasteiger partial charge in [-0.2, -0.15) is 0 Å². The fourth-order valence-corrected chi connectivity index (χ4v) is 2.64. The van der Waals surface area contributed by atoms with Crippen molar-refractivity contribution in [3.8, 4) is 0 Å². The molecule has 1 aromatic carbocycles. The molecule has 0 aliphatic rings. The molecule has 1 heterocycles. The summed E-state index contributed by atoms with van der Waals surface area (Å²) in [6.45, 7) is 2.23. The van der Waals surface area contributed by atoms with Crippen molar-refractivity contribution in [2.45, 2.75) is 23.3 Å². The van der Waals surface area contributed by atoms with Crippen molar-refractivity contribution in [2.75, 3.05) is 13.2 Å². The molecule has 2 rings (SSSR count). The lowest BCUT2D eigenvalue weighted by Gasteiger charge is -2.08. The second-order valence-electron chi connectivity index (χ2n) is 4.70. The highest BCUT2D eigenvalue weighted by molar-refractivity contribution is 7.99. The summed E-state index contributed by atoms with van der Waals surface area (Å²) in [4.78, 5) is 28.9. The molecule has 6 heteroatoms.